The molecule has 0 atom stereocenters. The van der Waals surface area contributed by atoms with Gasteiger partial charge in [0, 0.05) is 18.3 Å². The second-order valence-electron chi connectivity index (χ2n) is 5.41. The predicted octanol–water partition coefficient (Wildman–Crippen LogP) is 3.42. The Morgan fingerprint density at radius 1 is 1.12 bits per heavy atom. The molecule has 1 aliphatic heterocycles. The number of nitrogens with one attached hydrogen (secondary N) is 1. The number of rotatable bonds is 4. The molecule has 0 bridgehead atoms. The van der Waals surface area contributed by atoms with E-state index in [0.29, 0.717) is 0 Å². The fourth-order valence-electron chi connectivity index (χ4n) is 2.48. The first-order valence-electron chi connectivity index (χ1n) is 7.30. The van der Waals surface area contributed by atoms with E-state index in [0.717, 1.165) is 4.90 Å². The third-order valence-electron chi connectivity index (χ3n) is 3.76. The molecule has 0 fully saturated rings. The summed E-state index contributed by atoms with van der Waals surface area (Å²) in [6.07, 6.45) is 0. The number of carbonyl (C=O) groups is 3. The predicted molar refractivity (Wildman–Crippen MR) is 88.9 cm³/mol. The Morgan fingerprint density at radius 3 is 2.46 bits per heavy atom. The standard InChI is InChI=1S/C17H11ClF2N2O4/c1-22-15(24)10-4-2-8(6-11(10)16(22)25)14(23)21-9-3-5-13(12(18)7-9)26-17(19)20/h2-7,17H,1H3,(H,21,23). The number of benzene rings is 2. The Bertz CT molecular complexity index is 933. The van der Waals surface area contributed by atoms with Crippen molar-refractivity contribution >= 4 is 35.0 Å². The highest BCUT2D eigenvalue weighted by molar-refractivity contribution is 6.32. The van der Waals surface area contributed by atoms with E-state index < -0.39 is 24.3 Å². The van der Waals surface area contributed by atoms with Gasteiger partial charge < -0.3 is 10.1 Å². The van der Waals surface area contributed by atoms with Gasteiger partial charge in [0.05, 0.1) is 16.1 Å². The van der Waals surface area contributed by atoms with Crippen molar-refractivity contribution in [1.82, 2.24) is 4.90 Å². The summed E-state index contributed by atoms with van der Waals surface area (Å²) in [5.41, 5.74) is 0.778. The van der Waals surface area contributed by atoms with Crippen molar-refractivity contribution in [3.8, 4) is 5.75 Å². The van der Waals surface area contributed by atoms with Crippen LogP contribution in [0.15, 0.2) is 36.4 Å². The van der Waals surface area contributed by atoms with Crippen molar-refractivity contribution in [1.29, 1.82) is 0 Å². The number of amides is 3. The fraction of sp³-hybridized carbons (Fsp3) is 0.118. The van der Waals surface area contributed by atoms with Crippen LogP contribution in [0.3, 0.4) is 0 Å². The van der Waals surface area contributed by atoms with E-state index in [4.69, 9.17) is 11.6 Å². The van der Waals surface area contributed by atoms with Gasteiger partial charge in [0.15, 0.2) is 0 Å². The Labute approximate surface area is 151 Å². The molecule has 0 aromatic heterocycles. The third-order valence-corrected chi connectivity index (χ3v) is 4.05. The zero-order valence-corrected chi connectivity index (χ0v) is 14.0. The van der Waals surface area contributed by atoms with Crippen LogP contribution in [0, 0.1) is 0 Å². The van der Waals surface area contributed by atoms with E-state index in [-0.39, 0.29) is 33.1 Å². The molecule has 0 radical (unpaired) electrons. The van der Waals surface area contributed by atoms with E-state index in [9.17, 15) is 23.2 Å². The lowest BCUT2D eigenvalue weighted by Crippen LogP contribution is -2.24. The van der Waals surface area contributed by atoms with Crippen LogP contribution in [0.4, 0.5) is 14.5 Å². The molecule has 0 unspecified atom stereocenters. The van der Waals surface area contributed by atoms with Crippen molar-refractivity contribution in [2.75, 3.05) is 12.4 Å². The quantitative estimate of drug-likeness (QED) is 0.825. The Balaban J connectivity index is 1.80. The van der Waals surface area contributed by atoms with Gasteiger partial charge in [-0.3, -0.25) is 19.3 Å². The summed E-state index contributed by atoms with van der Waals surface area (Å²) in [6.45, 7) is -3.02. The van der Waals surface area contributed by atoms with Crippen LogP contribution < -0.4 is 10.1 Å². The molecule has 0 saturated carbocycles. The zero-order valence-electron chi connectivity index (χ0n) is 13.3. The zero-order chi connectivity index (χ0) is 19.0. The summed E-state index contributed by atoms with van der Waals surface area (Å²) >= 11 is 5.83. The lowest BCUT2D eigenvalue weighted by Gasteiger charge is -2.10. The molecule has 0 aliphatic carbocycles. The molecular formula is C17H11ClF2N2O4. The van der Waals surface area contributed by atoms with E-state index >= 15 is 0 Å². The van der Waals surface area contributed by atoms with Gasteiger partial charge in [0.2, 0.25) is 0 Å². The second kappa shape index (κ2) is 6.72. The Hall–Kier alpha value is -3.00. The third kappa shape index (κ3) is 3.23. The minimum absolute atomic E-state index is 0.0977. The van der Waals surface area contributed by atoms with Crippen LogP contribution in [-0.2, 0) is 0 Å². The topological polar surface area (TPSA) is 75.7 Å². The van der Waals surface area contributed by atoms with Crippen LogP contribution in [0.5, 0.6) is 5.75 Å². The average Bonchev–Trinajstić information content (AvgIpc) is 2.81. The van der Waals surface area contributed by atoms with Gasteiger partial charge in [-0.15, -0.1) is 0 Å². The number of halogens is 3. The molecule has 1 aliphatic rings. The summed E-state index contributed by atoms with van der Waals surface area (Å²) in [5, 5.41) is 2.43. The van der Waals surface area contributed by atoms with Gasteiger partial charge >= 0.3 is 6.61 Å². The van der Waals surface area contributed by atoms with Crippen LogP contribution in [-0.4, -0.2) is 36.3 Å². The summed E-state index contributed by atoms with van der Waals surface area (Å²) in [7, 11) is 1.36. The van der Waals surface area contributed by atoms with Crippen molar-refractivity contribution < 1.29 is 27.9 Å². The minimum Gasteiger partial charge on any atom is -0.433 e. The summed E-state index contributed by atoms with van der Waals surface area (Å²) < 4.78 is 28.7. The first-order valence-corrected chi connectivity index (χ1v) is 7.68. The normalized spacial score (nSPS) is 13.2. The highest BCUT2D eigenvalue weighted by Gasteiger charge is 2.33. The van der Waals surface area contributed by atoms with E-state index in [1.54, 1.807) is 0 Å². The molecule has 9 heteroatoms. The fourth-order valence-corrected chi connectivity index (χ4v) is 2.70. The molecule has 3 amide bonds. The molecule has 1 N–H and O–H groups in total. The average molecular weight is 381 g/mol. The van der Waals surface area contributed by atoms with Gasteiger partial charge in [-0.2, -0.15) is 8.78 Å². The number of fused-ring (bicyclic) bond motifs is 1. The van der Waals surface area contributed by atoms with Crippen LogP contribution in [0.1, 0.15) is 31.1 Å². The van der Waals surface area contributed by atoms with Crippen molar-refractivity contribution in [3.05, 3.63) is 58.1 Å². The van der Waals surface area contributed by atoms with Crippen molar-refractivity contribution in [2.45, 2.75) is 6.61 Å². The summed E-state index contributed by atoms with van der Waals surface area (Å²) in [4.78, 5) is 37.1. The van der Waals surface area contributed by atoms with E-state index in [2.05, 4.69) is 10.1 Å². The lowest BCUT2D eigenvalue weighted by molar-refractivity contribution is -0.0497. The van der Waals surface area contributed by atoms with Crippen LogP contribution in [0.2, 0.25) is 5.02 Å². The molecule has 0 spiro atoms. The number of anilines is 1. The molecular weight excluding hydrogens is 370 g/mol. The maximum absolute atomic E-state index is 12.3. The number of alkyl halides is 2. The molecule has 0 saturated heterocycles. The van der Waals surface area contributed by atoms with Gasteiger partial charge in [0.25, 0.3) is 17.7 Å². The van der Waals surface area contributed by atoms with Gasteiger partial charge in [-0.1, -0.05) is 11.6 Å². The first kappa shape index (κ1) is 17.8. The number of hydrogen-bond donors (Lipinski definition) is 1. The van der Waals surface area contributed by atoms with Crippen molar-refractivity contribution in [2.24, 2.45) is 0 Å². The molecule has 1 heterocycles. The Kier molecular flexibility index (Phi) is 4.60. The molecule has 2 aromatic carbocycles. The molecule has 26 heavy (non-hydrogen) atoms. The van der Waals surface area contributed by atoms with Gasteiger partial charge in [-0.05, 0) is 36.4 Å². The summed E-state index contributed by atoms with van der Waals surface area (Å²) in [6, 6.07) is 7.94. The Morgan fingerprint density at radius 2 is 1.81 bits per heavy atom. The maximum atomic E-state index is 12.3. The van der Waals surface area contributed by atoms with Gasteiger partial charge in [-0.25, -0.2) is 0 Å². The molecule has 3 rings (SSSR count). The maximum Gasteiger partial charge on any atom is 0.387 e. The van der Waals surface area contributed by atoms with Crippen LogP contribution in [0.25, 0.3) is 0 Å². The number of imide groups is 1. The van der Waals surface area contributed by atoms with E-state index in [1.807, 2.05) is 0 Å². The highest BCUT2D eigenvalue weighted by atomic mass is 35.5. The largest absolute Gasteiger partial charge is 0.433 e. The van der Waals surface area contributed by atoms with E-state index in [1.165, 1.54) is 43.4 Å². The van der Waals surface area contributed by atoms with Crippen molar-refractivity contribution in [3.63, 3.8) is 0 Å². The first-order chi connectivity index (χ1) is 12.3. The summed E-state index contributed by atoms with van der Waals surface area (Å²) in [5.74, 6) is -1.69. The lowest BCUT2D eigenvalue weighted by atomic mass is 10.1. The number of ether oxygens (including phenoxy) is 1. The number of nitrogens with zero attached hydrogens (tertiary/aromatic N) is 1. The monoisotopic (exact) mass is 380 g/mol. The molecule has 134 valence electrons. The molecule has 6 nitrogen and oxygen atoms in total. The highest BCUT2D eigenvalue weighted by Crippen LogP contribution is 2.29. The second-order valence-corrected chi connectivity index (χ2v) is 5.81. The smallest absolute Gasteiger partial charge is 0.387 e. The van der Waals surface area contributed by atoms with Gasteiger partial charge in [0.1, 0.15) is 5.75 Å². The molecule has 2 aromatic rings. The number of carbonyl (C=O) groups excluding carboxylic acids is 3. The van der Waals surface area contributed by atoms with Crippen LogP contribution >= 0.6 is 11.6 Å². The minimum atomic E-state index is -3.02. The number of hydrogen-bond acceptors (Lipinski definition) is 4. The SMILES string of the molecule is CN1C(=O)c2ccc(C(=O)Nc3ccc(OC(F)F)c(Cl)c3)cc2C1=O.